The number of carbonyl (C=O) groups is 2. The molecule has 0 saturated heterocycles. The Morgan fingerprint density at radius 3 is 2.52 bits per heavy atom. The summed E-state index contributed by atoms with van der Waals surface area (Å²) in [7, 11) is 0. The summed E-state index contributed by atoms with van der Waals surface area (Å²) >= 11 is 18.1. The number of amides is 1. The van der Waals surface area contributed by atoms with Gasteiger partial charge in [0.1, 0.15) is 0 Å². The van der Waals surface area contributed by atoms with Crippen molar-refractivity contribution >= 4 is 58.4 Å². The Balaban J connectivity index is 1.91. The van der Waals surface area contributed by atoms with E-state index >= 15 is 0 Å². The van der Waals surface area contributed by atoms with Crippen LogP contribution in [-0.2, 0) is 14.3 Å². The molecule has 1 N–H and O–H groups in total. The van der Waals surface area contributed by atoms with Crippen LogP contribution in [-0.4, -0.2) is 18.5 Å². The number of hydrogen-bond donors (Lipinski definition) is 1. The number of esters is 1. The van der Waals surface area contributed by atoms with Crippen LogP contribution in [0.3, 0.4) is 0 Å². The third kappa shape index (κ3) is 5.49. The van der Waals surface area contributed by atoms with Crippen molar-refractivity contribution in [3.05, 3.63) is 68.7 Å². The van der Waals surface area contributed by atoms with E-state index in [1.165, 1.54) is 12.2 Å². The third-order valence-corrected chi connectivity index (χ3v) is 4.34. The molecule has 0 unspecified atom stereocenters. The van der Waals surface area contributed by atoms with E-state index in [4.69, 9.17) is 39.5 Å². The molecule has 0 saturated carbocycles. The van der Waals surface area contributed by atoms with Crippen LogP contribution >= 0.6 is 34.8 Å². The fourth-order valence-electron chi connectivity index (χ4n) is 1.90. The number of ether oxygens (including phenoxy) is 1. The summed E-state index contributed by atoms with van der Waals surface area (Å²) in [5, 5.41) is 3.68. The number of rotatable bonds is 5. The molecule has 0 bridgehead atoms. The van der Waals surface area contributed by atoms with E-state index < -0.39 is 18.5 Å². The van der Waals surface area contributed by atoms with Gasteiger partial charge in [-0.2, -0.15) is 0 Å². The molecule has 130 valence electrons. The Kier molecular flexibility index (Phi) is 6.88. The highest BCUT2D eigenvalue weighted by atomic mass is 35.5. The summed E-state index contributed by atoms with van der Waals surface area (Å²) in [6.07, 6.45) is 2.71. The molecule has 2 aromatic rings. The van der Waals surface area contributed by atoms with Crippen molar-refractivity contribution in [2.75, 3.05) is 11.9 Å². The lowest BCUT2D eigenvalue weighted by molar-refractivity contribution is -0.142. The van der Waals surface area contributed by atoms with Gasteiger partial charge in [-0.05, 0) is 36.3 Å². The van der Waals surface area contributed by atoms with Gasteiger partial charge in [0.15, 0.2) is 6.61 Å². The van der Waals surface area contributed by atoms with Crippen LogP contribution in [0.5, 0.6) is 0 Å². The number of hydrogen-bond acceptors (Lipinski definition) is 3. The van der Waals surface area contributed by atoms with Crippen LogP contribution < -0.4 is 5.32 Å². The maximum Gasteiger partial charge on any atom is 0.331 e. The molecule has 0 aliphatic carbocycles. The molecule has 7 heteroatoms. The normalized spacial score (nSPS) is 10.7. The van der Waals surface area contributed by atoms with E-state index in [2.05, 4.69) is 5.32 Å². The molecule has 0 atom stereocenters. The summed E-state index contributed by atoms with van der Waals surface area (Å²) in [6.45, 7) is 1.32. The van der Waals surface area contributed by atoms with E-state index in [0.29, 0.717) is 20.6 Å². The lowest BCUT2D eigenvalue weighted by Gasteiger charge is -2.11. The monoisotopic (exact) mass is 397 g/mol. The van der Waals surface area contributed by atoms with Crippen LogP contribution in [0.4, 0.5) is 5.69 Å². The molecule has 0 spiro atoms. The highest BCUT2D eigenvalue weighted by molar-refractivity contribution is 6.40. The van der Waals surface area contributed by atoms with Gasteiger partial charge in [0.2, 0.25) is 0 Å². The molecule has 25 heavy (non-hydrogen) atoms. The molecular formula is C18H14Cl3NO3. The van der Waals surface area contributed by atoms with Crippen LogP contribution in [0.15, 0.2) is 42.5 Å². The first-order chi connectivity index (χ1) is 11.9. The van der Waals surface area contributed by atoms with Gasteiger partial charge in [0, 0.05) is 11.1 Å². The zero-order valence-electron chi connectivity index (χ0n) is 13.2. The molecule has 2 rings (SSSR count). The van der Waals surface area contributed by atoms with Crippen LogP contribution in [0, 0.1) is 6.92 Å². The average molecular weight is 399 g/mol. The van der Waals surface area contributed by atoms with Crippen molar-refractivity contribution in [2.24, 2.45) is 0 Å². The predicted octanol–water partition coefficient (Wildman–Crippen LogP) is 5.15. The number of benzene rings is 2. The number of carbonyl (C=O) groups excluding carboxylic acids is 2. The second kappa shape index (κ2) is 8.90. The third-order valence-electron chi connectivity index (χ3n) is 3.20. The van der Waals surface area contributed by atoms with Crippen molar-refractivity contribution in [3.8, 4) is 0 Å². The molecular weight excluding hydrogens is 385 g/mol. The van der Waals surface area contributed by atoms with Crippen LogP contribution in [0.2, 0.25) is 15.1 Å². The summed E-state index contributed by atoms with van der Waals surface area (Å²) in [5.74, 6) is -1.22. The Labute approximate surface area is 160 Å². The summed E-state index contributed by atoms with van der Waals surface area (Å²) in [4.78, 5) is 23.6. The lowest BCUT2D eigenvalue weighted by Crippen LogP contribution is -2.20. The second-order valence-corrected chi connectivity index (χ2v) is 6.26. The van der Waals surface area contributed by atoms with Crippen molar-refractivity contribution < 1.29 is 14.3 Å². The van der Waals surface area contributed by atoms with Gasteiger partial charge < -0.3 is 10.1 Å². The minimum absolute atomic E-state index is 0.288. The SMILES string of the molecule is Cc1ccc(Cl)c(NC(=O)COC(=O)/C=C/c2ccccc2Cl)c1Cl. The summed E-state index contributed by atoms with van der Waals surface area (Å²) in [6, 6.07) is 10.4. The minimum Gasteiger partial charge on any atom is -0.452 e. The fourth-order valence-corrected chi connectivity index (χ4v) is 2.56. The summed E-state index contributed by atoms with van der Waals surface area (Å²) < 4.78 is 4.88. The maximum absolute atomic E-state index is 11.9. The van der Waals surface area contributed by atoms with E-state index in [1.807, 2.05) is 0 Å². The molecule has 0 aliphatic heterocycles. The number of nitrogens with one attached hydrogen (secondary N) is 1. The highest BCUT2D eigenvalue weighted by Gasteiger charge is 2.13. The Hall–Kier alpha value is -2.01. The van der Waals surface area contributed by atoms with Gasteiger partial charge in [0.05, 0.1) is 15.7 Å². The maximum atomic E-state index is 11.9. The number of anilines is 1. The fraction of sp³-hybridized carbons (Fsp3) is 0.111. The largest absolute Gasteiger partial charge is 0.452 e. The molecule has 2 aromatic carbocycles. The standard InChI is InChI=1S/C18H14Cl3NO3/c1-11-6-8-14(20)18(17(11)21)22-15(23)10-25-16(24)9-7-12-4-2-3-5-13(12)19/h2-9H,10H2,1H3,(H,22,23)/b9-7+. The highest BCUT2D eigenvalue weighted by Crippen LogP contribution is 2.32. The quantitative estimate of drug-likeness (QED) is 0.560. The first kappa shape index (κ1) is 19.3. The van der Waals surface area contributed by atoms with Gasteiger partial charge in [-0.1, -0.05) is 59.1 Å². The number of halogens is 3. The van der Waals surface area contributed by atoms with Crippen LogP contribution in [0.25, 0.3) is 6.08 Å². The van der Waals surface area contributed by atoms with Gasteiger partial charge in [-0.25, -0.2) is 4.79 Å². The first-order valence-corrected chi connectivity index (χ1v) is 8.35. The molecule has 4 nitrogen and oxygen atoms in total. The lowest BCUT2D eigenvalue weighted by atomic mass is 10.2. The first-order valence-electron chi connectivity index (χ1n) is 7.22. The molecule has 0 aromatic heterocycles. The second-order valence-electron chi connectivity index (χ2n) is 5.06. The van der Waals surface area contributed by atoms with E-state index in [-0.39, 0.29) is 5.69 Å². The van der Waals surface area contributed by atoms with Crippen molar-refractivity contribution in [1.82, 2.24) is 0 Å². The van der Waals surface area contributed by atoms with Gasteiger partial charge in [0.25, 0.3) is 5.91 Å². The van der Waals surface area contributed by atoms with Gasteiger partial charge >= 0.3 is 5.97 Å². The smallest absolute Gasteiger partial charge is 0.331 e. The topological polar surface area (TPSA) is 55.4 Å². The number of aryl methyl sites for hydroxylation is 1. The van der Waals surface area contributed by atoms with Crippen molar-refractivity contribution in [3.63, 3.8) is 0 Å². The van der Waals surface area contributed by atoms with E-state index in [9.17, 15) is 9.59 Å². The Morgan fingerprint density at radius 2 is 1.80 bits per heavy atom. The minimum atomic E-state index is -0.670. The van der Waals surface area contributed by atoms with Crippen LogP contribution in [0.1, 0.15) is 11.1 Å². The van der Waals surface area contributed by atoms with E-state index in [0.717, 1.165) is 5.56 Å². The molecule has 0 aliphatic rings. The molecule has 1 amide bonds. The van der Waals surface area contributed by atoms with Gasteiger partial charge in [-0.15, -0.1) is 0 Å². The summed E-state index contributed by atoms with van der Waals surface area (Å²) in [5.41, 5.74) is 1.72. The molecule has 0 heterocycles. The van der Waals surface area contributed by atoms with Crippen molar-refractivity contribution in [1.29, 1.82) is 0 Å². The zero-order chi connectivity index (χ0) is 18.4. The molecule has 0 radical (unpaired) electrons. The Morgan fingerprint density at radius 1 is 1.08 bits per heavy atom. The van der Waals surface area contributed by atoms with Crippen molar-refractivity contribution in [2.45, 2.75) is 6.92 Å². The van der Waals surface area contributed by atoms with E-state index in [1.54, 1.807) is 43.3 Å². The predicted molar refractivity (Wildman–Crippen MR) is 101 cm³/mol. The van der Waals surface area contributed by atoms with Gasteiger partial charge in [-0.3, -0.25) is 4.79 Å². The zero-order valence-corrected chi connectivity index (χ0v) is 15.5. The Bertz CT molecular complexity index is 834. The molecule has 0 fully saturated rings. The average Bonchev–Trinajstić information content (AvgIpc) is 2.59.